The molecule has 0 heterocycles. The zero-order chi connectivity index (χ0) is 24.4. The molecule has 0 bridgehead atoms. The Labute approximate surface area is 186 Å². The number of aliphatic hydroxyl groups is 1. The Morgan fingerprint density at radius 3 is 1.84 bits per heavy atom. The van der Waals surface area contributed by atoms with Crippen molar-refractivity contribution in [3.63, 3.8) is 0 Å². The lowest BCUT2D eigenvalue weighted by atomic mass is 10.0. The zero-order valence-corrected chi connectivity index (χ0v) is 18.4. The third-order valence-electron chi connectivity index (χ3n) is 4.56. The summed E-state index contributed by atoms with van der Waals surface area (Å²) in [5, 5.41) is 35.5. The highest BCUT2D eigenvalue weighted by atomic mass is 16.4. The molecule has 0 radical (unpaired) electrons. The molecule has 178 valence electrons. The molecule has 0 fully saturated rings. The lowest BCUT2D eigenvalue weighted by Gasteiger charge is -2.25. The van der Waals surface area contributed by atoms with Crippen LogP contribution < -0.4 is 21.7 Å². The third kappa shape index (κ3) is 8.90. The van der Waals surface area contributed by atoms with E-state index in [1.165, 1.54) is 19.1 Å². The highest BCUT2D eigenvalue weighted by Gasteiger charge is 2.30. The molecule has 8 N–H and O–H groups in total. The number of carboxylic acids is 1. The summed E-state index contributed by atoms with van der Waals surface area (Å²) in [7, 11) is 0. The van der Waals surface area contributed by atoms with Gasteiger partial charge in [-0.15, -0.1) is 0 Å². The second-order valence-corrected chi connectivity index (χ2v) is 7.99. The molecule has 11 heteroatoms. The molecule has 11 nitrogen and oxygen atoms in total. The minimum atomic E-state index is -1.35. The molecule has 0 aliphatic rings. The number of carbonyl (C=O) groups is 4. The fraction of sp³-hybridized carbons (Fsp3) is 0.524. The number of aliphatic carboxylic acids is 1. The van der Waals surface area contributed by atoms with Crippen molar-refractivity contribution in [3.05, 3.63) is 29.8 Å². The summed E-state index contributed by atoms with van der Waals surface area (Å²) < 4.78 is 0. The van der Waals surface area contributed by atoms with Crippen LogP contribution in [-0.4, -0.2) is 69.8 Å². The number of carbonyl (C=O) groups excluding carboxylic acids is 3. The standard InChI is InChI=1S/C21H32N4O7/c1-11(2)8-16(21(31)32)24-19(29)15(9-13-4-6-14(27)7-5-13)23-20(30)17(10-26)25-18(28)12(3)22/h4-7,11-12,15-17,26-27H,8-10,22H2,1-3H3,(H,23,30)(H,24,29)(H,25,28)(H,31,32). The van der Waals surface area contributed by atoms with Crippen molar-refractivity contribution in [1.82, 2.24) is 16.0 Å². The topological polar surface area (TPSA) is 191 Å². The Bertz CT molecular complexity index is 796. The Balaban J connectivity index is 3.06. The molecule has 0 spiro atoms. The van der Waals surface area contributed by atoms with E-state index < -0.39 is 54.5 Å². The molecule has 4 unspecified atom stereocenters. The number of phenolic OH excluding ortho intramolecular Hbond substituents is 1. The number of carboxylic acid groups (broad SMARTS) is 1. The monoisotopic (exact) mass is 452 g/mol. The second kappa shape index (κ2) is 12.6. The van der Waals surface area contributed by atoms with E-state index in [1.54, 1.807) is 12.1 Å². The SMILES string of the molecule is CC(C)CC(NC(=O)C(Cc1ccc(O)cc1)NC(=O)C(CO)NC(=O)C(C)N)C(=O)O. The maximum Gasteiger partial charge on any atom is 0.326 e. The van der Waals surface area contributed by atoms with Gasteiger partial charge in [-0.25, -0.2) is 4.79 Å². The molecule has 32 heavy (non-hydrogen) atoms. The number of rotatable bonds is 12. The first-order valence-electron chi connectivity index (χ1n) is 10.2. The number of aromatic hydroxyl groups is 1. The molecule has 1 rings (SSSR count). The van der Waals surface area contributed by atoms with Crippen LogP contribution in [0.4, 0.5) is 0 Å². The van der Waals surface area contributed by atoms with Crippen molar-refractivity contribution in [2.75, 3.05) is 6.61 Å². The van der Waals surface area contributed by atoms with Gasteiger partial charge in [0, 0.05) is 6.42 Å². The molecule has 0 aromatic heterocycles. The van der Waals surface area contributed by atoms with Gasteiger partial charge in [0.25, 0.3) is 0 Å². The van der Waals surface area contributed by atoms with Crippen LogP contribution in [0.1, 0.15) is 32.8 Å². The molecule has 4 atom stereocenters. The van der Waals surface area contributed by atoms with Gasteiger partial charge in [0.15, 0.2) is 0 Å². The highest BCUT2D eigenvalue weighted by Crippen LogP contribution is 2.12. The summed E-state index contributed by atoms with van der Waals surface area (Å²) in [6.45, 7) is 4.29. The first-order valence-corrected chi connectivity index (χ1v) is 10.2. The minimum Gasteiger partial charge on any atom is -0.508 e. The van der Waals surface area contributed by atoms with Crippen LogP contribution in [0.3, 0.4) is 0 Å². The number of aliphatic hydroxyl groups excluding tert-OH is 1. The van der Waals surface area contributed by atoms with Crippen LogP contribution in [-0.2, 0) is 25.6 Å². The average molecular weight is 453 g/mol. The van der Waals surface area contributed by atoms with Crippen molar-refractivity contribution in [2.24, 2.45) is 11.7 Å². The predicted molar refractivity (Wildman–Crippen MR) is 115 cm³/mol. The number of hydrogen-bond acceptors (Lipinski definition) is 7. The van der Waals surface area contributed by atoms with Crippen LogP contribution in [0, 0.1) is 5.92 Å². The van der Waals surface area contributed by atoms with E-state index in [4.69, 9.17) is 5.73 Å². The number of nitrogens with two attached hydrogens (primary N) is 1. The molecule has 1 aromatic carbocycles. The quantitative estimate of drug-likeness (QED) is 0.207. The van der Waals surface area contributed by atoms with Gasteiger partial charge >= 0.3 is 5.97 Å². The lowest BCUT2D eigenvalue weighted by Crippen LogP contribution is -2.58. The van der Waals surface area contributed by atoms with Gasteiger partial charge < -0.3 is 37.0 Å². The summed E-state index contributed by atoms with van der Waals surface area (Å²) in [5.41, 5.74) is 6.04. The number of nitrogens with one attached hydrogen (secondary N) is 3. The fourth-order valence-corrected chi connectivity index (χ4v) is 2.81. The maximum absolute atomic E-state index is 12.9. The summed E-state index contributed by atoms with van der Waals surface area (Å²) in [4.78, 5) is 48.8. The van der Waals surface area contributed by atoms with Crippen LogP contribution >= 0.6 is 0 Å². The smallest absolute Gasteiger partial charge is 0.326 e. The van der Waals surface area contributed by atoms with Crippen molar-refractivity contribution >= 4 is 23.7 Å². The predicted octanol–water partition coefficient (Wildman–Crippen LogP) is -1.14. The number of hydrogen-bond donors (Lipinski definition) is 7. The molecule has 3 amide bonds. The van der Waals surface area contributed by atoms with E-state index in [1.807, 2.05) is 13.8 Å². The van der Waals surface area contributed by atoms with Gasteiger partial charge in [0.2, 0.25) is 17.7 Å². The van der Waals surface area contributed by atoms with Crippen LogP contribution in [0.15, 0.2) is 24.3 Å². The first kappa shape index (κ1) is 26.9. The van der Waals surface area contributed by atoms with Crippen LogP contribution in [0.2, 0.25) is 0 Å². The van der Waals surface area contributed by atoms with Crippen molar-refractivity contribution < 1.29 is 34.5 Å². The second-order valence-electron chi connectivity index (χ2n) is 7.99. The fourth-order valence-electron chi connectivity index (χ4n) is 2.81. The van der Waals surface area contributed by atoms with E-state index in [0.29, 0.717) is 5.56 Å². The van der Waals surface area contributed by atoms with Crippen LogP contribution in [0.5, 0.6) is 5.75 Å². The highest BCUT2D eigenvalue weighted by molar-refractivity contribution is 5.94. The van der Waals surface area contributed by atoms with Crippen molar-refractivity contribution in [1.29, 1.82) is 0 Å². The molecular weight excluding hydrogens is 420 g/mol. The molecule has 0 saturated carbocycles. The Morgan fingerprint density at radius 1 is 0.875 bits per heavy atom. The summed E-state index contributed by atoms with van der Waals surface area (Å²) >= 11 is 0. The van der Waals surface area contributed by atoms with Gasteiger partial charge in [-0.2, -0.15) is 0 Å². The van der Waals surface area contributed by atoms with E-state index in [0.717, 1.165) is 0 Å². The molecular formula is C21H32N4O7. The third-order valence-corrected chi connectivity index (χ3v) is 4.56. The van der Waals surface area contributed by atoms with Gasteiger partial charge in [0.05, 0.1) is 12.6 Å². The maximum atomic E-state index is 12.9. The number of amides is 3. The van der Waals surface area contributed by atoms with E-state index >= 15 is 0 Å². The minimum absolute atomic E-state index is 0.00576. The largest absolute Gasteiger partial charge is 0.508 e. The normalized spacial score (nSPS) is 14.7. The van der Waals surface area contributed by atoms with Crippen LogP contribution in [0.25, 0.3) is 0 Å². The summed E-state index contributed by atoms with van der Waals surface area (Å²) in [6, 6.07) is 1.28. The van der Waals surface area contributed by atoms with Gasteiger partial charge in [-0.3, -0.25) is 14.4 Å². The first-order chi connectivity index (χ1) is 14.9. The van der Waals surface area contributed by atoms with Gasteiger partial charge in [0.1, 0.15) is 23.9 Å². The average Bonchev–Trinajstić information content (AvgIpc) is 2.71. The molecule has 1 aromatic rings. The van der Waals surface area contributed by atoms with Crippen molar-refractivity contribution in [2.45, 2.75) is 57.8 Å². The molecule has 0 aliphatic carbocycles. The van der Waals surface area contributed by atoms with E-state index in [2.05, 4.69) is 16.0 Å². The number of phenols is 1. The van der Waals surface area contributed by atoms with Gasteiger partial charge in [-0.1, -0.05) is 26.0 Å². The molecule has 0 saturated heterocycles. The zero-order valence-electron chi connectivity index (χ0n) is 18.4. The van der Waals surface area contributed by atoms with E-state index in [9.17, 15) is 34.5 Å². The van der Waals surface area contributed by atoms with Gasteiger partial charge in [-0.05, 0) is 37.0 Å². The van der Waals surface area contributed by atoms with E-state index in [-0.39, 0.29) is 24.5 Å². The number of benzene rings is 1. The summed E-state index contributed by atoms with van der Waals surface area (Å²) in [5.74, 6) is -3.44. The Morgan fingerprint density at radius 2 is 1.38 bits per heavy atom. The summed E-state index contributed by atoms with van der Waals surface area (Å²) in [6.07, 6.45) is 0.163. The Hall–Kier alpha value is -3.18. The lowest BCUT2D eigenvalue weighted by molar-refractivity contribution is -0.142. The molecule has 0 aliphatic heterocycles. The van der Waals surface area contributed by atoms with Crippen molar-refractivity contribution in [3.8, 4) is 5.75 Å². The Kier molecular flexibility index (Phi) is 10.6.